The van der Waals surface area contributed by atoms with E-state index in [0.29, 0.717) is 5.69 Å². The van der Waals surface area contributed by atoms with Gasteiger partial charge in [0, 0.05) is 31.1 Å². The molecule has 0 saturated heterocycles. The van der Waals surface area contributed by atoms with Crippen molar-refractivity contribution < 1.29 is 18.0 Å². The molecule has 5 fully saturated rings. The van der Waals surface area contributed by atoms with Crippen LogP contribution < -0.4 is 5.32 Å². The van der Waals surface area contributed by atoms with Crippen LogP contribution in [-0.2, 0) is 17.5 Å². The minimum Gasteiger partial charge on any atom is -0.355 e. The van der Waals surface area contributed by atoms with Gasteiger partial charge < -0.3 is 5.32 Å². The second-order valence-corrected chi connectivity index (χ2v) is 9.89. The van der Waals surface area contributed by atoms with Gasteiger partial charge in [-0.3, -0.25) is 9.48 Å². The summed E-state index contributed by atoms with van der Waals surface area (Å²) in [4.78, 5) is 12.4. The molecule has 4 bridgehead atoms. The standard InChI is InChI=1S/C21H28F3N3O/c22-21(23,24)18-8-17(16-1-2-16)27(26-18)4-3-19(28)25-12-20-9-13-5-14(10-20)7-15(6-13)11-20/h8,13-16H,1-7,9-12H2,(H,25,28). The lowest BCUT2D eigenvalue weighted by Gasteiger charge is -2.56. The lowest BCUT2D eigenvalue weighted by Crippen LogP contribution is -2.51. The number of nitrogens with one attached hydrogen (secondary N) is 1. The summed E-state index contributed by atoms with van der Waals surface area (Å²) in [6.07, 6.45) is 5.38. The highest BCUT2D eigenvalue weighted by Crippen LogP contribution is 2.59. The lowest BCUT2D eigenvalue weighted by molar-refractivity contribution is -0.141. The SMILES string of the molecule is O=C(CCn1nc(C(F)(F)F)cc1C1CC1)NCC12CC3CC(CC(C3)C1)C2. The van der Waals surface area contributed by atoms with Crippen LogP contribution in [0.15, 0.2) is 6.07 Å². The summed E-state index contributed by atoms with van der Waals surface area (Å²) < 4.78 is 40.4. The molecule has 0 unspecified atom stereocenters. The van der Waals surface area contributed by atoms with Crippen molar-refractivity contribution in [2.75, 3.05) is 6.54 Å². The maximum absolute atomic E-state index is 13.0. The number of carbonyl (C=O) groups is 1. The van der Waals surface area contributed by atoms with Crippen LogP contribution in [0.3, 0.4) is 0 Å². The molecule has 1 amide bonds. The molecule has 5 saturated carbocycles. The summed E-state index contributed by atoms with van der Waals surface area (Å²) in [5.74, 6) is 2.62. The van der Waals surface area contributed by atoms with Crippen LogP contribution in [0.5, 0.6) is 0 Å². The first-order valence-corrected chi connectivity index (χ1v) is 10.7. The van der Waals surface area contributed by atoms with Gasteiger partial charge in [0.25, 0.3) is 0 Å². The molecule has 5 aliphatic rings. The van der Waals surface area contributed by atoms with Crippen molar-refractivity contribution in [1.29, 1.82) is 0 Å². The quantitative estimate of drug-likeness (QED) is 0.771. The van der Waals surface area contributed by atoms with Crippen LogP contribution in [-0.4, -0.2) is 22.2 Å². The summed E-state index contributed by atoms with van der Waals surface area (Å²) in [6.45, 7) is 0.951. The number of amides is 1. The van der Waals surface area contributed by atoms with Gasteiger partial charge in [0.1, 0.15) is 0 Å². The van der Waals surface area contributed by atoms with Gasteiger partial charge in [-0.15, -0.1) is 0 Å². The summed E-state index contributed by atoms with van der Waals surface area (Å²) in [7, 11) is 0. The van der Waals surface area contributed by atoms with E-state index in [0.717, 1.165) is 43.2 Å². The molecule has 28 heavy (non-hydrogen) atoms. The Labute approximate surface area is 163 Å². The Morgan fingerprint density at radius 2 is 1.75 bits per heavy atom. The van der Waals surface area contributed by atoms with Gasteiger partial charge in [0.05, 0.1) is 0 Å². The van der Waals surface area contributed by atoms with Crippen molar-refractivity contribution in [2.45, 2.75) is 76.4 Å². The van der Waals surface area contributed by atoms with E-state index >= 15 is 0 Å². The van der Waals surface area contributed by atoms with E-state index < -0.39 is 11.9 Å². The predicted octanol–water partition coefficient (Wildman–Crippen LogP) is 4.50. The van der Waals surface area contributed by atoms with Crippen LogP contribution in [0.25, 0.3) is 0 Å². The average Bonchev–Trinajstić information content (AvgIpc) is 3.35. The van der Waals surface area contributed by atoms with Crippen molar-refractivity contribution in [3.8, 4) is 0 Å². The molecule has 1 N–H and O–H groups in total. The number of hydrogen-bond acceptors (Lipinski definition) is 2. The zero-order valence-electron chi connectivity index (χ0n) is 16.1. The normalized spacial score (nSPS) is 34.0. The highest BCUT2D eigenvalue weighted by atomic mass is 19.4. The van der Waals surface area contributed by atoms with E-state index in [1.54, 1.807) is 0 Å². The van der Waals surface area contributed by atoms with Gasteiger partial charge in [-0.1, -0.05) is 0 Å². The van der Waals surface area contributed by atoms with Gasteiger partial charge in [0.15, 0.2) is 5.69 Å². The molecule has 1 aromatic rings. The smallest absolute Gasteiger partial charge is 0.355 e. The zero-order valence-corrected chi connectivity index (χ0v) is 16.1. The molecule has 7 heteroatoms. The Hall–Kier alpha value is -1.53. The topological polar surface area (TPSA) is 46.9 Å². The van der Waals surface area contributed by atoms with E-state index in [1.807, 2.05) is 0 Å². The Morgan fingerprint density at radius 3 is 2.29 bits per heavy atom. The summed E-state index contributed by atoms with van der Waals surface area (Å²) in [6, 6.07) is 1.16. The van der Waals surface area contributed by atoms with E-state index in [4.69, 9.17) is 0 Å². The van der Waals surface area contributed by atoms with Gasteiger partial charge in [-0.25, -0.2) is 0 Å². The van der Waals surface area contributed by atoms with Gasteiger partial charge in [-0.05, 0) is 80.6 Å². The molecule has 0 aliphatic heterocycles. The van der Waals surface area contributed by atoms with E-state index in [1.165, 1.54) is 43.2 Å². The Kier molecular flexibility index (Phi) is 4.29. The minimum absolute atomic E-state index is 0.0680. The fraction of sp³-hybridized carbons (Fsp3) is 0.810. The predicted molar refractivity (Wildman–Crippen MR) is 97.4 cm³/mol. The summed E-state index contributed by atoms with van der Waals surface area (Å²) in [5.41, 5.74) is 0.0585. The molecule has 6 rings (SSSR count). The zero-order chi connectivity index (χ0) is 19.5. The number of alkyl halides is 3. The number of halogens is 3. The number of nitrogens with zero attached hydrogens (tertiary/aromatic N) is 2. The number of rotatable bonds is 6. The van der Waals surface area contributed by atoms with Crippen LogP contribution in [0.1, 0.15) is 75.1 Å². The summed E-state index contributed by atoms with van der Waals surface area (Å²) in [5, 5.41) is 6.85. The van der Waals surface area contributed by atoms with Crippen LogP contribution in [0.4, 0.5) is 13.2 Å². The molecule has 5 aliphatic carbocycles. The maximum Gasteiger partial charge on any atom is 0.435 e. The summed E-state index contributed by atoms with van der Waals surface area (Å²) >= 11 is 0. The molecule has 4 nitrogen and oxygen atoms in total. The van der Waals surface area contributed by atoms with Crippen LogP contribution in [0.2, 0.25) is 0 Å². The average molecular weight is 395 g/mol. The van der Waals surface area contributed by atoms with E-state index in [9.17, 15) is 18.0 Å². The molecule has 1 heterocycles. The number of carbonyl (C=O) groups excluding carboxylic acids is 1. The van der Waals surface area contributed by atoms with Crippen molar-refractivity contribution in [2.24, 2.45) is 23.2 Å². The molecular weight excluding hydrogens is 367 g/mol. The monoisotopic (exact) mass is 395 g/mol. The van der Waals surface area contributed by atoms with Gasteiger partial charge >= 0.3 is 6.18 Å². The van der Waals surface area contributed by atoms with Gasteiger partial charge in [-0.2, -0.15) is 18.3 Å². The third-order valence-electron chi connectivity index (χ3n) is 7.47. The fourth-order valence-electron chi connectivity index (χ4n) is 6.54. The van der Waals surface area contributed by atoms with Crippen molar-refractivity contribution in [3.05, 3.63) is 17.5 Å². The largest absolute Gasteiger partial charge is 0.435 e. The Balaban J connectivity index is 1.18. The number of aryl methyl sites for hydroxylation is 1. The first-order valence-electron chi connectivity index (χ1n) is 10.7. The van der Waals surface area contributed by atoms with Gasteiger partial charge in [0.2, 0.25) is 5.91 Å². The molecule has 0 radical (unpaired) electrons. The Bertz CT molecular complexity index is 730. The van der Waals surface area contributed by atoms with E-state index in [2.05, 4.69) is 10.4 Å². The highest BCUT2D eigenvalue weighted by molar-refractivity contribution is 5.75. The first-order chi connectivity index (χ1) is 13.3. The maximum atomic E-state index is 13.0. The molecule has 154 valence electrons. The molecule has 0 atom stereocenters. The van der Waals surface area contributed by atoms with Crippen LogP contribution >= 0.6 is 0 Å². The number of hydrogen-bond donors (Lipinski definition) is 1. The first kappa shape index (κ1) is 18.5. The fourth-order valence-corrected chi connectivity index (χ4v) is 6.54. The van der Waals surface area contributed by atoms with Crippen molar-refractivity contribution in [3.63, 3.8) is 0 Å². The molecule has 1 aromatic heterocycles. The Morgan fingerprint density at radius 1 is 1.14 bits per heavy atom. The van der Waals surface area contributed by atoms with E-state index in [-0.39, 0.29) is 30.2 Å². The molecule has 0 aromatic carbocycles. The van der Waals surface area contributed by atoms with Crippen molar-refractivity contribution in [1.82, 2.24) is 15.1 Å². The minimum atomic E-state index is -4.43. The third kappa shape index (κ3) is 3.57. The second-order valence-electron chi connectivity index (χ2n) is 9.89. The van der Waals surface area contributed by atoms with Crippen LogP contribution in [0, 0.1) is 23.2 Å². The molecular formula is C21H28F3N3O. The highest BCUT2D eigenvalue weighted by Gasteiger charge is 2.50. The molecule has 0 spiro atoms. The van der Waals surface area contributed by atoms with Crippen molar-refractivity contribution >= 4 is 5.91 Å². The lowest BCUT2D eigenvalue weighted by atomic mass is 9.49. The second kappa shape index (κ2) is 6.49. The number of aromatic nitrogens is 2. The third-order valence-corrected chi connectivity index (χ3v) is 7.47.